The van der Waals surface area contributed by atoms with E-state index in [4.69, 9.17) is 16.0 Å². The molecule has 0 aliphatic carbocycles. The summed E-state index contributed by atoms with van der Waals surface area (Å²) in [5.74, 6) is 6.37. The van der Waals surface area contributed by atoms with Gasteiger partial charge in [-0.25, -0.2) is 4.85 Å². The second-order valence-corrected chi connectivity index (χ2v) is 10.8. The minimum absolute atomic E-state index is 0.00128. The van der Waals surface area contributed by atoms with Crippen LogP contribution >= 0.6 is 0 Å². The van der Waals surface area contributed by atoms with Gasteiger partial charge in [-0.15, -0.1) is 0 Å². The maximum atomic E-state index is 12.5. The predicted molar refractivity (Wildman–Crippen MR) is 186 cm³/mol. The molecule has 0 aliphatic rings. The van der Waals surface area contributed by atoms with Crippen molar-refractivity contribution < 1.29 is 19.2 Å². The maximum Gasteiger partial charge on any atom is 0.336 e. The molecule has 0 saturated carbocycles. The molecule has 4 aromatic carbocycles. The highest BCUT2D eigenvalue weighted by atomic mass is 16.6. The van der Waals surface area contributed by atoms with E-state index >= 15 is 0 Å². The summed E-state index contributed by atoms with van der Waals surface area (Å²) in [4.78, 5) is 28.1. The summed E-state index contributed by atoms with van der Waals surface area (Å²) in [5.41, 5.74) is 4.67. The van der Waals surface area contributed by atoms with Crippen LogP contribution in [0.15, 0.2) is 113 Å². The largest absolute Gasteiger partial charge is 0.494 e. The average molecular weight is 642 g/mol. The molecule has 0 unspecified atom stereocenters. The summed E-state index contributed by atoms with van der Waals surface area (Å²) in [7, 11) is 3.99. The normalized spacial score (nSPS) is 10.9. The number of carbonyl (C=O) groups is 1. The van der Waals surface area contributed by atoms with Gasteiger partial charge in [0.2, 0.25) is 0 Å². The van der Waals surface area contributed by atoms with Crippen LogP contribution in [-0.4, -0.2) is 38.2 Å². The van der Waals surface area contributed by atoms with Gasteiger partial charge in [0, 0.05) is 43.0 Å². The standard InChI is InChI=1S/C38H35N5O5/c1-39-37(28-31-12-10-29(11-13-31)8-9-30-14-20-34(21-15-30)42(2)3)38(44)48-27-7-5-4-6-26-47-36-24-18-33(19-25-36)41-40-32-16-22-35(23-17-32)43(45)46/h10-25,28H,4-7,26-27H2,2-3H3/b37-28-,41-40?. The number of hydrogen-bond acceptors (Lipinski definition) is 8. The summed E-state index contributed by atoms with van der Waals surface area (Å²) in [6, 6.07) is 28.4. The zero-order chi connectivity index (χ0) is 34.1. The van der Waals surface area contributed by atoms with Crippen molar-refractivity contribution in [3.8, 4) is 17.6 Å². The summed E-state index contributed by atoms with van der Waals surface area (Å²) < 4.78 is 11.1. The second kappa shape index (κ2) is 18.0. The Balaban J connectivity index is 1.11. The van der Waals surface area contributed by atoms with Crippen molar-refractivity contribution in [1.29, 1.82) is 0 Å². The number of rotatable bonds is 14. The lowest BCUT2D eigenvalue weighted by atomic mass is 10.1. The van der Waals surface area contributed by atoms with E-state index in [0.29, 0.717) is 30.2 Å². The summed E-state index contributed by atoms with van der Waals surface area (Å²) in [5, 5.41) is 19.0. The van der Waals surface area contributed by atoms with Crippen molar-refractivity contribution in [3.05, 3.63) is 141 Å². The smallest absolute Gasteiger partial charge is 0.336 e. The van der Waals surface area contributed by atoms with E-state index < -0.39 is 10.9 Å². The van der Waals surface area contributed by atoms with Gasteiger partial charge >= 0.3 is 5.97 Å². The summed E-state index contributed by atoms with van der Waals surface area (Å²) >= 11 is 0. The van der Waals surface area contributed by atoms with Crippen LogP contribution in [0, 0.1) is 28.5 Å². The number of esters is 1. The Morgan fingerprint density at radius 3 is 1.90 bits per heavy atom. The molecule has 0 radical (unpaired) electrons. The first-order valence-corrected chi connectivity index (χ1v) is 15.4. The number of azo groups is 1. The van der Waals surface area contributed by atoms with E-state index in [1.807, 2.05) is 67.5 Å². The quantitative estimate of drug-likeness (QED) is 0.0199. The molecule has 0 amide bonds. The maximum absolute atomic E-state index is 12.5. The number of hydrogen-bond donors (Lipinski definition) is 0. The fourth-order valence-electron chi connectivity index (χ4n) is 4.30. The van der Waals surface area contributed by atoms with Gasteiger partial charge in [-0.2, -0.15) is 10.2 Å². The average Bonchev–Trinajstić information content (AvgIpc) is 3.11. The number of nitro groups is 1. The van der Waals surface area contributed by atoms with Crippen LogP contribution in [0.2, 0.25) is 0 Å². The lowest BCUT2D eigenvalue weighted by Gasteiger charge is -2.11. The molecule has 4 aromatic rings. The highest BCUT2D eigenvalue weighted by molar-refractivity contribution is 5.95. The number of nitro benzene ring substituents is 1. The SMILES string of the molecule is [C-]#[N+]/C(=C\c1ccc(C#Cc2ccc(N(C)C)cc2)cc1)C(=O)OCCCCCCOc1ccc(N=Nc2ccc([N+](=O)[O-])cc2)cc1. The molecule has 0 fully saturated rings. The number of ether oxygens (including phenoxy) is 2. The Labute approximate surface area is 280 Å². The second-order valence-electron chi connectivity index (χ2n) is 10.8. The van der Waals surface area contributed by atoms with E-state index in [0.717, 1.165) is 41.6 Å². The van der Waals surface area contributed by atoms with E-state index in [1.165, 1.54) is 30.3 Å². The van der Waals surface area contributed by atoms with Gasteiger partial charge in [0.1, 0.15) is 5.75 Å². The van der Waals surface area contributed by atoms with Crippen LogP contribution in [0.1, 0.15) is 42.4 Å². The van der Waals surface area contributed by atoms with Gasteiger partial charge in [-0.1, -0.05) is 24.0 Å². The number of benzene rings is 4. The van der Waals surface area contributed by atoms with E-state index in [1.54, 1.807) is 24.3 Å². The monoisotopic (exact) mass is 641 g/mol. The van der Waals surface area contributed by atoms with Crippen molar-refractivity contribution in [2.45, 2.75) is 25.7 Å². The van der Waals surface area contributed by atoms with Crippen LogP contribution in [0.5, 0.6) is 5.75 Å². The first kappa shape index (κ1) is 34.6. The van der Waals surface area contributed by atoms with Crippen LogP contribution < -0.4 is 9.64 Å². The molecule has 10 heteroatoms. The molecule has 10 nitrogen and oxygen atoms in total. The third-order valence-corrected chi connectivity index (χ3v) is 7.00. The molecule has 0 spiro atoms. The van der Waals surface area contributed by atoms with Gasteiger partial charge in [-0.3, -0.25) is 14.9 Å². The Kier molecular flexibility index (Phi) is 13.0. The van der Waals surface area contributed by atoms with Crippen molar-refractivity contribution >= 4 is 34.8 Å². The topological polar surface area (TPSA) is 111 Å². The van der Waals surface area contributed by atoms with Gasteiger partial charge in [-0.05, 0) is 110 Å². The molecule has 0 saturated heterocycles. The minimum Gasteiger partial charge on any atom is -0.494 e. The zero-order valence-electron chi connectivity index (χ0n) is 26.8. The van der Waals surface area contributed by atoms with Crippen molar-refractivity contribution in [1.82, 2.24) is 0 Å². The van der Waals surface area contributed by atoms with Crippen LogP contribution in [0.4, 0.5) is 22.7 Å². The minimum atomic E-state index is -0.630. The molecule has 4 rings (SSSR count). The Bertz CT molecular complexity index is 1830. The first-order chi connectivity index (χ1) is 23.3. The molecule has 0 aliphatic heterocycles. The third-order valence-electron chi connectivity index (χ3n) is 7.00. The predicted octanol–water partition coefficient (Wildman–Crippen LogP) is 8.92. The lowest BCUT2D eigenvalue weighted by molar-refractivity contribution is -0.384. The number of unbranched alkanes of at least 4 members (excludes halogenated alkanes) is 3. The summed E-state index contributed by atoms with van der Waals surface area (Å²) in [6.45, 7) is 8.21. The number of non-ortho nitro benzene ring substituents is 1. The fraction of sp³-hybridized carbons (Fsp3) is 0.211. The van der Waals surface area contributed by atoms with Gasteiger partial charge < -0.3 is 14.4 Å². The van der Waals surface area contributed by atoms with Crippen LogP contribution in [0.3, 0.4) is 0 Å². The Hall–Kier alpha value is -6.26. The van der Waals surface area contributed by atoms with E-state index in [9.17, 15) is 14.9 Å². The zero-order valence-corrected chi connectivity index (χ0v) is 26.8. The number of anilines is 1. The molecule has 242 valence electrons. The fourth-order valence-corrected chi connectivity index (χ4v) is 4.30. The molecule has 0 heterocycles. The lowest BCUT2D eigenvalue weighted by Crippen LogP contribution is -2.07. The molecule has 0 bridgehead atoms. The van der Waals surface area contributed by atoms with Crippen molar-refractivity contribution in [2.24, 2.45) is 10.2 Å². The van der Waals surface area contributed by atoms with Gasteiger partial charge in [0.05, 0.1) is 36.1 Å². The molecular weight excluding hydrogens is 606 g/mol. The highest BCUT2D eigenvalue weighted by Gasteiger charge is 2.11. The third kappa shape index (κ3) is 11.3. The Morgan fingerprint density at radius 2 is 1.35 bits per heavy atom. The summed E-state index contributed by atoms with van der Waals surface area (Å²) in [6.07, 6.45) is 4.82. The van der Waals surface area contributed by atoms with E-state index in [2.05, 4.69) is 26.9 Å². The van der Waals surface area contributed by atoms with Crippen molar-refractivity contribution in [3.63, 3.8) is 0 Å². The van der Waals surface area contributed by atoms with Crippen LogP contribution in [0.25, 0.3) is 10.9 Å². The first-order valence-electron chi connectivity index (χ1n) is 15.4. The molecule has 0 aromatic heterocycles. The van der Waals surface area contributed by atoms with Crippen molar-refractivity contribution in [2.75, 3.05) is 32.2 Å². The van der Waals surface area contributed by atoms with E-state index in [-0.39, 0.29) is 18.0 Å². The van der Waals surface area contributed by atoms with Gasteiger partial charge in [0.15, 0.2) is 0 Å². The number of nitrogens with zero attached hydrogens (tertiary/aromatic N) is 5. The molecule has 0 N–H and O–H groups in total. The highest BCUT2D eigenvalue weighted by Crippen LogP contribution is 2.23. The molecular formula is C38H35N5O5. The van der Waals surface area contributed by atoms with Gasteiger partial charge in [0.25, 0.3) is 11.4 Å². The number of carbonyl (C=O) groups excluding carboxylic acids is 1. The van der Waals surface area contributed by atoms with Crippen LogP contribution in [-0.2, 0) is 9.53 Å². The Morgan fingerprint density at radius 1 is 0.812 bits per heavy atom. The molecule has 0 atom stereocenters. The molecule has 48 heavy (non-hydrogen) atoms.